The van der Waals surface area contributed by atoms with Gasteiger partial charge in [0.1, 0.15) is 0 Å². The third-order valence-electron chi connectivity index (χ3n) is 2.51. The van der Waals surface area contributed by atoms with Gasteiger partial charge < -0.3 is 5.32 Å². The molecule has 1 aromatic rings. The van der Waals surface area contributed by atoms with Crippen LogP contribution in [-0.2, 0) is 11.2 Å². The maximum absolute atomic E-state index is 11.6. The summed E-state index contributed by atoms with van der Waals surface area (Å²) in [7, 11) is 0. The van der Waals surface area contributed by atoms with Crippen molar-refractivity contribution in [2.45, 2.75) is 12.5 Å². The van der Waals surface area contributed by atoms with E-state index in [4.69, 9.17) is 11.6 Å². The minimum atomic E-state index is -0.468. The molecule has 0 spiro atoms. The van der Waals surface area contributed by atoms with Crippen molar-refractivity contribution < 1.29 is 9.59 Å². The van der Waals surface area contributed by atoms with Crippen molar-refractivity contribution in [2.75, 3.05) is 5.88 Å². The first kappa shape index (κ1) is 10.2. The maximum atomic E-state index is 11.6. The molecule has 0 fully saturated rings. The summed E-state index contributed by atoms with van der Waals surface area (Å²) in [6, 6.07) is 6.82. The minimum absolute atomic E-state index is 0.0624. The van der Waals surface area contributed by atoms with Gasteiger partial charge in [-0.3, -0.25) is 9.59 Å². The number of carbonyl (C=O) groups excluding carboxylic acids is 2. The zero-order valence-corrected chi connectivity index (χ0v) is 8.75. The van der Waals surface area contributed by atoms with E-state index in [0.717, 1.165) is 5.56 Å². The van der Waals surface area contributed by atoms with E-state index in [1.54, 1.807) is 6.07 Å². The highest BCUT2D eigenvalue weighted by atomic mass is 35.5. The largest absolute Gasteiger partial charge is 0.342 e. The molecule has 1 aromatic carbocycles. The average Bonchev–Trinajstić information content (AvgIpc) is 2.28. The Kier molecular flexibility index (Phi) is 2.73. The lowest BCUT2D eigenvalue weighted by Crippen LogP contribution is -2.46. The van der Waals surface area contributed by atoms with Gasteiger partial charge in [0.25, 0.3) is 5.91 Å². The number of hydrogen-bond acceptors (Lipinski definition) is 2. The summed E-state index contributed by atoms with van der Waals surface area (Å²) in [5.41, 5.74) is 1.56. The smallest absolute Gasteiger partial charge is 0.252 e. The van der Waals surface area contributed by atoms with E-state index in [0.29, 0.717) is 12.0 Å². The van der Waals surface area contributed by atoms with Crippen molar-refractivity contribution in [3.05, 3.63) is 35.4 Å². The van der Waals surface area contributed by atoms with E-state index in [2.05, 4.69) is 5.32 Å². The number of benzene rings is 1. The highest BCUT2D eigenvalue weighted by Crippen LogP contribution is 2.16. The fourth-order valence-electron chi connectivity index (χ4n) is 1.71. The summed E-state index contributed by atoms with van der Waals surface area (Å²) >= 11 is 5.46. The molecule has 0 bridgehead atoms. The van der Waals surface area contributed by atoms with Gasteiger partial charge in [0.15, 0.2) is 5.78 Å². The number of alkyl halides is 1. The van der Waals surface area contributed by atoms with Gasteiger partial charge in [0.2, 0.25) is 0 Å². The highest BCUT2D eigenvalue weighted by molar-refractivity contribution is 6.28. The molecule has 0 aromatic heterocycles. The van der Waals surface area contributed by atoms with Gasteiger partial charge in [-0.2, -0.15) is 0 Å². The molecule has 1 N–H and O–H groups in total. The summed E-state index contributed by atoms with van der Waals surface area (Å²) in [6.07, 6.45) is 0.535. The van der Waals surface area contributed by atoms with Gasteiger partial charge >= 0.3 is 0 Å². The molecule has 4 heteroatoms. The van der Waals surface area contributed by atoms with Crippen LogP contribution in [0.15, 0.2) is 24.3 Å². The van der Waals surface area contributed by atoms with Crippen molar-refractivity contribution >= 4 is 23.3 Å². The number of Topliss-reactive ketones (excluding diaryl/α,β-unsaturated/α-hetero) is 1. The van der Waals surface area contributed by atoms with Crippen molar-refractivity contribution in [3.63, 3.8) is 0 Å². The lowest BCUT2D eigenvalue weighted by atomic mass is 9.93. The molecular formula is C11H10ClNO2. The van der Waals surface area contributed by atoms with E-state index in [-0.39, 0.29) is 17.6 Å². The molecule has 15 heavy (non-hydrogen) atoms. The number of carbonyl (C=O) groups is 2. The molecule has 1 unspecified atom stereocenters. The van der Waals surface area contributed by atoms with Gasteiger partial charge in [-0.15, -0.1) is 11.6 Å². The third kappa shape index (κ3) is 1.88. The van der Waals surface area contributed by atoms with E-state index in [1.807, 2.05) is 18.2 Å². The maximum Gasteiger partial charge on any atom is 0.252 e. The second-order valence-corrected chi connectivity index (χ2v) is 3.75. The molecule has 1 aliphatic heterocycles. The molecule has 1 amide bonds. The van der Waals surface area contributed by atoms with Crippen LogP contribution in [0.25, 0.3) is 0 Å². The molecule has 2 rings (SSSR count). The Bertz CT molecular complexity index is 417. The Labute approximate surface area is 92.4 Å². The molecule has 1 heterocycles. The second kappa shape index (κ2) is 4.03. The van der Waals surface area contributed by atoms with Crippen LogP contribution in [0.3, 0.4) is 0 Å². The molecule has 1 atom stereocenters. The Hall–Kier alpha value is -1.35. The van der Waals surface area contributed by atoms with Crippen LogP contribution >= 0.6 is 11.6 Å². The van der Waals surface area contributed by atoms with Crippen LogP contribution in [0, 0.1) is 0 Å². The number of fused-ring (bicyclic) bond motifs is 1. The molecule has 0 saturated heterocycles. The van der Waals surface area contributed by atoms with Gasteiger partial charge in [0, 0.05) is 12.0 Å². The van der Waals surface area contributed by atoms with Crippen molar-refractivity contribution in [2.24, 2.45) is 0 Å². The van der Waals surface area contributed by atoms with Gasteiger partial charge in [0.05, 0.1) is 11.9 Å². The summed E-state index contributed by atoms with van der Waals surface area (Å²) in [6.45, 7) is 0. The van der Waals surface area contributed by atoms with E-state index in [1.165, 1.54) is 0 Å². The molecule has 78 valence electrons. The van der Waals surface area contributed by atoms with Crippen LogP contribution in [0.4, 0.5) is 0 Å². The second-order valence-electron chi connectivity index (χ2n) is 3.49. The molecule has 0 radical (unpaired) electrons. The van der Waals surface area contributed by atoms with Crippen molar-refractivity contribution in [1.29, 1.82) is 0 Å². The quantitative estimate of drug-likeness (QED) is 0.765. The fraction of sp³-hybridized carbons (Fsp3) is 0.273. The molecule has 3 nitrogen and oxygen atoms in total. The van der Waals surface area contributed by atoms with E-state index in [9.17, 15) is 9.59 Å². The zero-order valence-electron chi connectivity index (χ0n) is 8.00. The molecule has 1 aliphatic rings. The lowest BCUT2D eigenvalue weighted by Gasteiger charge is -2.23. The first-order valence-corrected chi connectivity index (χ1v) is 5.23. The van der Waals surface area contributed by atoms with Crippen LogP contribution in [0.5, 0.6) is 0 Å². The zero-order chi connectivity index (χ0) is 10.8. The van der Waals surface area contributed by atoms with Crippen molar-refractivity contribution in [1.82, 2.24) is 5.32 Å². The summed E-state index contributed by atoms with van der Waals surface area (Å²) in [5.74, 6) is -0.396. The van der Waals surface area contributed by atoms with Crippen molar-refractivity contribution in [3.8, 4) is 0 Å². The first-order chi connectivity index (χ1) is 7.22. The number of hydrogen-bond donors (Lipinski definition) is 1. The molecular weight excluding hydrogens is 214 g/mol. The van der Waals surface area contributed by atoms with Gasteiger partial charge in [-0.1, -0.05) is 18.2 Å². The SMILES string of the molecule is O=C1NC(C(=O)CCl)Cc2ccccc21. The van der Waals surface area contributed by atoms with E-state index >= 15 is 0 Å². The normalized spacial score (nSPS) is 19.3. The lowest BCUT2D eigenvalue weighted by molar-refractivity contribution is -0.118. The topological polar surface area (TPSA) is 46.2 Å². The predicted molar refractivity (Wildman–Crippen MR) is 57.1 cm³/mol. The standard InChI is InChI=1S/C11H10ClNO2/c12-6-10(14)9-5-7-3-1-2-4-8(7)11(15)13-9/h1-4,9H,5-6H2,(H,13,15). The first-order valence-electron chi connectivity index (χ1n) is 4.70. The van der Waals surface area contributed by atoms with E-state index < -0.39 is 6.04 Å². The van der Waals surface area contributed by atoms with Crippen LogP contribution in [0.2, 0.25) is 0 Å². The van der Waals surface area contributed by atoms with Crippen LogP contribution < -0.4 is 5.32 Å². The minimum Gasteiger partial charge on any atom is -0.342 e. The Morgan fingerprint density at radius 2 is 2.20 bits per heavy atom. The Morgan fingerprint density at radius 1 is 1.47 bits per heavy atom. The molecule has 0 saturated carbocycles. The number of halogens is 1. The number of ketones is 1. The Morgan fingerprint density at radius 3 is 2.93 bits per heavy atom. The number of nitrogens with one attached hydrogen (secondary N) is 1. The average molecular weight is 224 g/mol. The number of rotatable bonds is 2. The van der Waals surface area contributed by atoms with Gasteiger partial charge in [-0.25, -0.2) is 0 Å². The highest BCUT2D eigenvalue weighted by Gasteiger charge is 2.27. The predicted octanol–water partition coefficient (Wildman–Crippen LogP) is 1.15. The Balaban J connectivity index is 2.30. The monoisotopic (exact) mass is 223 g/mol. The summed E-state index contributed by atoms with van der Waals surface area (Å²) in [5, 5.41) is 2.65. The van der Waals surface area contributed by atoms with Crippen LogP contribution in [0.1, 0.15) is 15.9 Å². The number of amides is 1. The van der Waals surface area contributed by atoms with Gasteiger partial charge in [-0.05, 0) is 11.6 Å². The third-order valence-corrected chi connectivity index (χ3v) is 2.78. The molecule has 0 aliphatic carbocycles. The fourth-order valence-corrected chi connectivity index (χ4v) is 1.90. The summed E-state index contributed by atoms with van der Waals surface area (Å²) in [4.78, 5) is 23.0. The van der Waals surface area contributed by atoms with Crippen LogP contribution in [-0.4, -0.2) is 23.6 Å². The summed E-state index contributed by atoms with van der Waals surface area (Å²) < 4.78 is 0.